The fourth-order valence-corrected chi connectivity index (χ4v) is 5.77. The normalized spacial score (nSPS) is 13.9. The molecule has 0 saturated heterocycles. The van der Waals surface area contributed by atoms with E-state index in [1.807, 2.05) is 6.92 Å². The van der Waals surface area contributed by atoms with Gasteiger partial charge in [-0.05, 0) is 50.8 Å². The minimum absolute atomic E-state index is 0.0000405. The third kappa shape index (κ3) is 8.54. The zero-order valence-electron chi connectivity index (χ0n) is 26.7. The topological polar surface area (TPSA) is 114 Å². The van der Waals surface area contributed by atoms with Gasteiger partial charge < -0.3 is 5.32 Å². The average Bonchev–Trinajstić information content (AvgIpc) is 3.32. The summed E-state index contributed by atoms with van der Waals surface area (Å²) in [5.74, 6) is 4.80. The van der Waals surface area contributed by atoms with Gasteiger partial charge in [0.2, 0.25) is 11.8 Å². The Labute approximate surface area is 276 Å². The maximum Gasteiger partial charge on any atom is 0.408 e. The molecular weight excluding hydrogens is 663 g/mol. The Balaban J connectivity index is 2.46. The van der Waals surface area contributed by atoms with Crippen molar-refractivity contribution in [2.45, 2.75) is 83.8 Å². The van der Waals surface area contributed by atoms with Gasteiger partial charge in [-0.1, -0.05) is 44.4 Å². The molecule has 3 atom stereocenters. The molecule has 3 unspecified atom stereocenters. The number of nitrogens with one attached hydrogen (secondary N) is 1. The molecule has 0 aliphatic rings. The summed E-state index contributed by atoms with van der Waals surface area (Å²) < 4.78 is 67.6. The van der Waals surface area contributed by atoms with Crippen LogP contribution in [-0.2, 0) is 37.9 Å². The van der Waals surface area contributed by atoms with Gasteiger partial charge in [-0.2, -0.15) is 18.3 Å². The summed E-state index contributed by atoms with van der Waals surface area (Å²) in [6, 6.07) is 5.54. The summed E-state index contributed by atoms with van der Waals surface area (Å²) in [6.45, 7) is 7.18. The van der Waals surface area contributed by atoms with E-state index in [-0.39, 0.29) is 46.1 Å². The van der Waals surface area contributed by atoms with Gasteiger partial charge >= 0.3 is 6.18 Å². The average molecular weight is 700 g/mol. The quantitative estimate of drug-likeness (QED) is 0.238. The van der Waals surface area contributed by atoms with Crippen molar-refractivity contribution in [3.05, 3.63) is 40.7 Å². The van der Waals surface area contributed by atoms with Crippen molar-refractivity contribution in [2.24, 2.45) is 0 Å². The lowest BCUT2D eigenvalue weighted by atomic mass is 9.95. The molecule has 0 bridgehead atoms. The van der Waals surface area contributed by atoms with E-state index in [0.717, 1.165) is 4.31 Å². The second-order valence-corrected chi connectivity index (χ2v) is 14.6. The van der Waals surface area contributed by atoms with Crippen molar-refractivity contribution < 1.29 is 31.2 Å². The van der Waals surface area contributed by atoms with E-state index in [9.17, 15) is 31.2 Å². The molecule has 0 spiro atoms. The van der Waals surface area contributed by atoms with Crippen molar-refractivity contribution in [3.8, 4) is 23.0 Å². The van der Waals surface area contributed by atoms with Gasteiger partial charge in [-0.25, -0.2) is 13.5 Å². The highest BCUT2D eigenvalue weighted by molar-refractivity contribution is 7.86. The molecule has 1 N–H and O–H groups in total. The zero-order valence-corrected chi connectivity index (χ0v) is 29.1. The van der Waals surface area contributed by atoms with Crippen LogP contribution in [0.1, 0.15) is 77.7 Å². The number of anilines is 1. The number of halogens is 4. The Kier molecular flexibility index (Phi) is 12.2. The van der Waals surface area contributed by atoms with E-state index in [1.54, 1.807) is 46.1 Å². The Hall–Kier alpha value is -3.28. The summed E-state index contributed by atoms with van der Waals surface area (Å²) in [7, 11) is -3.25. The van der Waals surface area contributed by atoms with Crippen LogP contribution in [0, 0.1) is 11.8 Å². The largest absolute Gasteiger partial charge is 0.408 e. The van der Waals surface area contributed by atoms with Crippen molar-refractivity contribution in [1.82, 2.24) is 20.1 Å². The Morgan fingerprint density at radius 1 is 1.09 bits per heavy atom. The van der Waals surface area contributed by atoms with Gasteiger partial charge in [-0.15, -0.1) is 0 Å². The molecule has 0 radical (unpaired) electrons. The van der Waals surface area contributed by atoms with Gasteiger partial charge in [0.1, 0.15) is 28.0 Å². The minimum atomic E-state index is -4.72. The first-order valence-corrected chi connectivity index (χ1v) is 18.0. The molecule has 2 amide bonds. The van der Waals surface area contributed by atoms with Crippen LogP contribution in [0.3, 0.4) is 0 Å². The molecule has 3 rings (SSSR count). The van der Waals surface area contributed by atoms with Gasteiger partial charge in [0.05, 0.1) is 27.7 Å². The molecule has 3 aromatic rings. The smallest absolute Gasteiger partial charge is 0.348 e. The fourth-order valence-electron chi connectivity index (χ4n) is 4.59. The van der Waals surface area contributed by atoms with E-state index >= 15 is 0 Å². The lowest BCUT2D eigenvalue weighted by Crippen LogP contribution is -2.32. The highest BCUT2D eigenvalue weighted by Crippen LogP contribution is 2.42. The highest BCUT2D eigenvalue weighted by Gasteiger charge is 2.34. The van der Waals surface area contributed by atoms with Crippen molar-refractivity contribution in [3.63, 3.8) is 0 Å². The molecule has 15 heteroatoms. The number of carbonyl (C=O) groups is 2. The molecule has 9 nitrogen and oxygen atoms in total. The van der Waals surface area contributed by atoms with E-state index in [1.165, 1.54) is 18.4 Å². The predicted octanol–water partition coefficient (Wildman–Crippen LogP) is 6.23. The number of carbonyl (C=O) groups excluding carboxylic acids is 2. The summed E-state index contributed by atoms with van der Waals surface area (Å²) in [5.41, 5.74) is 1.19. The van der Waals surface area contributed by atoms with E-state index in [2.05, 4.69) is 22.3 Å². The third-order valence-electron chi connectivity index (χ3n) is 7.11. The highest BCUT2D eigenvalue weighted by atomic mass is 35.5. The van der Waals surface area contributed by atoms with Gasteiger partial charge in [0.15, 0.2) is 5.82 Å². The van der Waals surface area contributed by atoms with Crippen LogP contribution >= 0.6 is 11.6 Å². The molecule has 0 aliphatic carbocycles. The number of alkyl halides is 3. The van der Waals surface area contributed by atoms with Crippen molar-refractivity contribution in [1.29, 1.82) is 0 Å². The molecule has 0 saturated carbocycles. The van der Waals surface area contributed by atoms with Crippen molar-refractivity contribution in [2.75, 3.05) is 16.8 Å². The molecule has 1 aromatic carbocycles. The standard InChI is InChI=1S/C31H37ClF3N5O4S2/c1-8-11-25(42)40(46(7)44)29-26-22(32)15-14-21(28(26)39(38-29)18-31(33,34)35)20-13-12-19(16-17-30(4,5)45(6)43)36-27(20)23(9-2)37-24(41)10-3/h12-15,23H,8-11,18H2,1-7H3,(H,37,41). The lowest BCUT2D eigenvalue weighted by Gasteiger charge is -2.21. The number of fused-ring (bicyclic) bond motifs is 1. The van der Waals surface area contributed by atoms with Crippen LogP contribution in [0.25, 0.3) is 22.0 Å². The summed E-state index contributed by atoms with van der Waals surface area (Å²) in [4.78, 5) is 30.3. The molecule has 250 valence electrons. The summed E-state index contributed by atoms with van der Waals surface area (Å²) in [5, 5.41) is 7.11. The molecule has 0 aliphatic heterocycles. The molecule has 2 heterocycles. The number of benzene rings is 1. The van der Waals surface area contributed by atoms with Crippen LogP contribution in [0.2, 0.25) is 5.02 Å². The second-order valence-electron chi connectivity index (χ2n) is 11.0. The first kappa shape index (κ1) is 37.2. The van der Waals surface area contributed by atoms with E-state index < -0.39 is 51.2 Å². The van der Waals surface area contributed by atoms with E-state index in [4.69, 9.17) is 16.6 Å². The summed E-state index contributed by atoms with van der Waals surface area (Å²) >= 11 is 6.60. The SMILES string of the molecule is CCCC(=O)N(c1nn(CC(F)(F)F)c2c(-c3ccc(C#CC(C)(C)S(C)=O)nc3C(CC)NC(=O)CC)ccc(Cl)c12)S(C)=O. The Bertz CT molecular complexity index is 1750. The minimum Gasteiger partial charge on any atom is -0.348 e. The molecule has 2 aromatic heterocycles. The van der Waals surface area contributed by atoms with Crippen LogP contribution in [-0.4, -0.2) is 58.4 Å². The number of amides is 2. The lowest BCUT2D eigenvalue weighted by molar-refractivity contribution is -0.141. The van der Waals surface area contributed by atoms with E-state index in [0.29, 0.717) is 34.5 Å². The second kappa shape index (κ2) is 15.1. The summed E-state index contributed by atoms with van der Waals surface area (Å²) in [6.07, 6.45) is -0.982. The number of rotatable bonds is 11. The van der Waals surface area contributed by atoms with Crippen molar-refractivity contribution >= 4 is 61.9 Å². The Morgan fingerprint density at radius 2 is 1.74 bits per heavy atom. The maximum atomic E-state index is 14.0. The number of hydrogen-bond donors (Lipinski definition) is 1. The van der Waals surface area contributed by atoms with Crippen LogP contribution in [0.15, 0.2) is 24.3 Å². The Morgan fingerprint density at radius 3 is 2.28 bits per heavy atom. The van der Waals surface area contributed by atoms with Gasteiger partial charge in [0, 0.05) is 47.3 Å². The number of pyridine rings is 1. The number of nitrogens with zero attached hydrogens (tertiary/aromatic N) is 4. The maximum absolute atomic E-state index is 14.0. The van der Waals surface area contributed by atoms with Crippen LogP contribution in [0.5, 0.6) is 0 Å². The van der Waals surface area contributed by atoms with Gasteiger partial charge in [0.25, 0.3) is 0 Å². The molecular formula is C31H37ClF3N5O4S2. The number of aromatic nitrogens is 3. The van der Waals surface area contributed by atoms with Crippen LogP contribution < -0.4 is 9.62 Å². The zero-order chi connectivity index (χ0) is 34.6. The molecule has 46 heavy (non-hydrogen) atoms. The number of hydrogen-bond acceptors (Lipinski definition) is 6. The first-order chi connectivity index (χ1) is 21.4. The van der Waals surface area contributed by atoms with Gasteiger partial charge in [-0.3, -0.25) is 18.5 Å². The monoisotopic (exact) mass is 699 g/mol. The molecule has 0 fully saturated rings. The van der Waals surface area contributed by atoms with Crippen LogP contribution in [0.4, 0.5) is 19.0 Å². The predicted molar refractivity (Wildman–Crippen MR) is 177 cm³/mol. The first-order valence-electron chi connectivity index (χ1n) is 14.5. The fraction of sp³-hybridized carbons (Fsp3) is 0.484. The third-order valence-corrected chi connectivity index (χ3v) is 9.86.